The first-order chi connectivity index (χ1) is 14.3. The van der Waals surface area contributed by atoms with Crippen LogP contribution in [0.5, 0.6) is 0 Å². The van der Waals surface area contributed by atoms with Crippen molar-refractivity contribution < 1.29 is 14.4 Å². The summed E-state index contributed by atoms with van der Waals surface area (Å²) in [5.41, 5.74) is 1.53. The molecule has 1 aromatic carbocycles. The molecule has 2 heterocycles. The fraction of sp³-hybridized carbons (Fsp3) is 0.591. The zero-order chi connectivity index (χ0) is 21.7. The first kappa shape index (κ1) is 22.6. The van der Waals surface area contributed by atoms with Gasteiger partial charge in [0.1, 0.15) is 0 Å². The number of carbonyl (C=O) groups is 3. The van der Waals surface area contributed by atoms with Gasteiger partial charge in [-0.3, -0.25) is 19.4 Å². The second kappa shape index (κ2) is 10.3. The van der Waals surface area contributed by atoms with Crippen molar-refractivity contribution in [3.05, 3.63) is 29.8 Å². The third kappa shape index (κ3) is 5.98. The van der Waals surface area contributed by atoms with Gasteiger partial charge in [0, 0.05) is 18.3 Å². The minimum Gasteiger partial charge on any atom is -0.336 e. The molecule has 2 aliphatic rings. The number of nitrogens with one attached hydrogen (secondary N) is 2. The molecule has 2 fully saturated rings. The van der Waals surface area contributed by atoms with Gasteiger partial charge in [-0.25, -0.2) is 4.79 Å². The van der Waals surface area contributed by atoms with Crippen molar-refractivity contribution >= 4 is 34.6 Å². The van der Waals surface area contributed by atoms with Gasteiger partial charge in [0.25, 0.3) is 5.24 Å². The first-order valence-corrected chi connectivity index (χ1v) is 11.7. The van der Waals surface area contributed by atoms with Gasteiger partial charge in [-0.05, 0) is 55.5 Å². The van der Waals surface area contributed by atoms with Crippen LogP contribution in [0.1, 0.15) is 39.2 Å². The molecule has 8 heteroatoms. The molecule has 0 saturated carbocycles. The number of anilines is 1. The van der Waals surface area contributed by atoms with Crippen LogP contribution in [0.3, 0.4) is 0 Å². The lowest BCUT2D eigenvalue weighted by molar-refractivity contribution is -0.125. The number of hydrogen-bond donors (Lipinski definition) is 2. The number of urea groups is 1. The number of carbonyl (C=O) groups excluding carboxylic acids is 3. The SMILES string of the molecule is CC1CCN(C(CNC(=O)Nc2ccc(CN3C(=O)CSC3=O)cc2)C(C)C)CC1. The number of piperidine rings is 1. The van der Waals surface area contributed by atoms with Gasteiger partial charge in [0.05, 0.1) is 12.3 Å². The number of nitrogens with zero attached hydrogens (tertiary/aromatic N) is 2. The van der Waals surface area contributed by atoms with Gasteiger partial charge < -0.3 is 10.6 Å². The summed E-state index contributed by atoms with van der Waals surface area (Å²) in [4.78, 5) is 39.6. The molecular weight excluding hydrogens is 400 g/mol. The number of likely N-dealkylation sites (tertiary alicyclic amines) is 1. The number of rotatable bonds is 7. The topological polar surface area (TPSA) is 81.8 Å². The second-order valence-corrected chi connectivity index (χ2v) is 9.52. The van der Waals surface area contributed by atoms with Crippen molar-refractivity contribution in [3.63, 3.8) is 0 Å². The molecule has 2 saturated heterocycles. The molecule has 0 aromatic heterocycles. The van der Waals surface area contributed by atoms with Gasteiger partial charge in [0.15, 0.2) is 0 Å². The number of imide groups is 1. The summed E-state index contributed by atoms with van der Waals surface area (Å²) in [5, 5.41) is 5.67. The van der Waals surface area contributed by atoms with Crippen LogP contribution in [0.4, 0.5) is 15.3 Å². The lowest BCUT2D eigenvalue weighted by atomic mass is 9.94. The van der Waals surface area contributed by atoms with Crippen LogP contribution < -0.4 is 10.6 Å². The summed E-state index contributed by atoms with van der Waals surface area (Å²) < 4.78 is 0. The Morgan fingerprint density at radius 1 is 1.17 bits per heavy atom. The highest BCUT2D eigenvalue weighted by molar-refractivity contribution is 8.14. The smallest absolute Gasteiger partial charge is 0.319 e. The molecule has 30 heavy (non-hydrogen) atoms. The Kier molecular flexibility index (Phi) is 7.77. The molecule has 0 bridgehead atoms. The van der Waals surface area contributed by atoms with Gasteiger partial charge in [-0.2, -0.15) is 0 Å². The Bertz CT molecular complexity index is 744. The molecular formula is C22H32N4O3S. The lowest BCUT2D eigenvalue weighted by Crippen LogP contribution is -2.50. The van der Waals surface area contributed by atoms with E-state index in [0.717, 1.165) is 36.3 Å². The maximum Gasteiger partial charge on any atom is 0.319 e. The maximum atomic E-state index is 12.4. The van der Waals surface area contributed by atoms with Crippen LogP contribution in [0.15, 0.2) is 24.3 Å². The van der Waals surface area contributed by atoms with E-state index in [4.69, 9.17) is 0 Å². The van der Waals surface area contributed by atoms with E-state index in [2.05, 4.69) is 36.3 Å². The number of hydrogen-bond acceptors (Lipinski definition) is 5. The van der Waals surface area contributed by atoms with Crippen LogP contribution in [0, 0.1) is 11.8 Å². The average molecular weight is 433 g/mol. The van der Waals surface area contributed by atoms with E-state index in [9.17, 15) is 14.4 Å². The standard InChI is InChI=1S/C22H32N4O3S/c1-15(2)19(25-10-8-16(3)9-11-25)12-23-21(28)24-18-6-4-17(5-7-18)13-26-20(27)14-30-22(26)29/h4-7,15-16,19H,8-14H2,1-3H3,(H2,23,24,28). The highest BCUT2D eigenvalue weighted by atomic mass is 32.2. The van der Waals surface area contributed by atoms with Gasteiger partial charge in [0.2, 0.25) is 5.91 Å². The fourth-order valence-corrected chi connectivity index (χ4v) is 4.65. The monoisotopic (exact) mass is 432 g/mol. The van der Waals surface area contributed by atoms with Crippen LogP contribution >= 0.6 is 11.8 Å². The fourth-order valence-electron chi connectivity index (χ4n) is 3.93. The zero-order valence-corrected chi connectivity index (χ0v) is 18.8. The predicted octanol–water partition coefficient (Wildman–Crippen LogP) is 3.76. The van der Waals surface area contributed by atoms with Crippen molar-refractivity contribution in [2.45, 2.75) is 46.2 Å². The van der Waals surface area contributed by atoms with E-state index in [1.807, 2.05) is 12.1 Å². The highest BCUT2D eigenvalue weighted by Gasteiger charge is 2.29. The van der Waals surface area contributed by atoms with E-state index in [-0.39, 0.29) is 29.5 Å². The Balaban J connectivity index is 1.48. The summed E-state index contributed by atoms with van der Waals surface area (Å²) in [7, 11) is 0. The molecule has 0 radical (unpaired) electrons. The van der Waals surface area contributed by atoms with Gasteiger partial charge in [-0.1, -0.05) is 44.7 Å². The van der Waals surface area contributed by atoms with E-state index >= 15 is 0 Å². The molecule has 2 N–H and O–H groups in total. The molecule has 0 aliphatic carbocycles. The molecule has 1 aromatic rings. The van der Waals surface area contributed by atoms with Crippen molar-refractivity contribution in [1.29, 1.82) is 0 Å². The minimum absolute atomic E-state index is 0.158. The summed E-state index contributed by atoms with van der Waals surface area (Å²) in [6, 6.07) is 7.34. The van der Waals surface area contributed by atoms with Crippen molar-refractivity contribution in [1.82, 2.24) is 15.1 Å². The average Bonchev–Trinajstić information content (AvgIpc) is 3.02. The summed E-state index contributed by atoms with van der Waals surface area (Å²) in [5.74, 6) is 1.31. The van der Waals surface area contributed by atoms with Crippen LogP contribution in [0.2, 0.25) is 0 Å². The normalized spacial score (nSPS) is 19.4. The largest absolute Gasteiger partial charge is 0.336 e. The van der Waals surface area contributed by atoms with Crippen molar-refractivity contribution in [2.24, 2.45) is 11.8 Å². The number of thioether (sulfide) groups is 1. The van der Waals surface area contributed by atoms with E-state index in [1.54, 1.807) is 12.1 Å². The Labute approximate surface area is 182 Å². The van der Waals surface area contributed by atoms with E-state index in [0.29, 0.717) is 24.2 Å². The molecule has 2 aliphatic heterocycles. The predicted molar refractivity (Wildman–Crippen MR) is 120 cm³/mol. The van der Waals surface area contributed by atoms with Crippen LogP contribution in [-0.2, 0) is 11.3 Å². The highest BCUT2D eigenvalue weighted by Crippen LogP contribution is 2.22. The molecule has 164 valence electrons. The van der Waals surface area contributed by atoms with E-state index in [1.165, 1.54) is 17.7 Å². The van der Waals surface area contributed by atoms with Gasteiger partial charge in [-0.15, -0.1) is 0 Å². The Morgan fingerprint density at radius 2 is 1.83 bits per heavy atom. The summed E-state index contributed by atoms with van der Waals surface area (Å²) in [6.07, 6.45) is 2.43. The molecule has 7 nitrogen and oxygen atoms in total. The molecule has 3 rings (SSSR count). The lowest BCUT2D eigenvalue weighted by Gasteiger charge is -2.38. The number of amides is 4. The first-order valence-electron chi connectivity index (χ1n) is 10.7. The zero-order valence-electron chi connectivity index (χ0n) is 18.0. The summed E-state index contributed by atoms with van der Waals surface area (Å²) >= 11 is 1.03. The third-order valence-electron chi connectivity index (χ3n) is 5.92. The minimum atomic E-state index is -0.222. The van der Waals surface area contributed by atoms with E-state index < -0.39 is 0 Å². The summed E-state index contributed by atoms with van der Waals surface area (Å²) in [6.45, 7) is 9.78. The number of benzene rings is 1. The van der Waals surface area contributed by atoms with Crippen molar-refractivity contribution in [2.75, 3.05) is 30.7 Å². The molecule has 0 spiro atoms. The van der Waals surface area contributed by atoms with Crippen LogP contribution in [-0.4, -0.2) is 58.4 Å². The Hall–Kier alpha value is -2.06. The molecule has 4 amide bonds. The Morgan fingerprint density at radius 3 is 2.40 bits per heavy atom. The molecule has 1 unspecified atom stereocenters. The quantitative estimate of drug-likeness (QED) is 0.686. The maximum absolute atomic E-state index is 12.4. The van der Waals surface area contributed by atoms with Gasteiger partial charge >= 0.3 is 6.03 Å². The van der Waals surface area contributed by atoms with Crippen LogP contribution in [0.25, 0.3) is 0 Å². The van der Waals surface area contributed by atoms with Crippen molar-refractivity contribution in [3.8, 4) is 0 Å². The molecule has 1 atom stereocenters. The second-order valence-electron chi connectivity index (χ2n) is 8.60. The third-order valence-corrected chi connectivity index (χ3v) is 6.78.